The third kappa shape index (κ3) is 18.0. The largest absolute Gasteiger partial charge is 1.00 e. The Kier molecular flexibility index (Phi) is 28.1. The number of aliphatic hydroxyl groups excluding tert-OH is 3. The second kappa shape index (κ2) is 31.6. The topological polar surface area (TPSA) is 154 Å². The number of hydrogen-bond donors (Lipinski definition) is 4. The van der Waals surface area contributed by atoms with Crippen molar-refractivity contribution in [1.29, 1.82) is 0 Å². The predicted octanol–water partition coefficient (Wildman–Crippen LogP) is 12.9. The summed E-state index contributed by atoms with van der Waals surface area (Å²) >= 11 is 0. The van der Waals surface area contributed by atoms with Gasteiger partial charge in [0.25, 0.3) is 0 Å². The van der Waals surface area contributed by atoms with Gasteiger partial charge < -0.3 is 30.6 Å². The third-order valence-electron chi connectivity index (χ3n) is 16.8. The van der Waals surface area contributed by atoms with E-state index in [9.17, 15) is 28.6 Å². The average Bonchev–Trinajstić information content (AvgIpc) is 3.40. The van der Waals surface area contributed by atoms with Crippen molar-refractivity contribution in [2.45, 2.75) is 184 Å². The van der Waals surface area contributed by atoms with E-state index in [1.165, 1.54) is 63.8 Å². The van der Waals surface area contributed by atoms with Crippen molar-refractivity contribution >= 4 is 11.9 Å². The van der Waals surface area contributed by atoms with Gasteiger partial charge in [0.15, 0.2) is 0 Å². The molecular weight excluding hydrogens is 1030 g/mol. The number of rotatable bonds is 20. The zero-order chi connectivity index (χ0) is 59.2. The summed E-state index contributed by atoms with van der Waals surface area (Å²) in [5.41, 5.74) is 15.8. The van der Waals surface area contributed by atoms with Gasteiger partial charge in [-0.2, -0.15) is 0 Å². The molecular formula is C70H93F2NaO8. The molecule has 8 nitrogen and oxygen atoms in total. The summed E-state index contributed by atoms with van der Waals surface area (Å²) in [5, 5.41) is 37.0. The van der Waals surface area contributed by atoms with Gasteiger partial charge in [-0.15, -0.1) is 0 Å². The molecule has 0 radical (unpaired) electrons. The van der Waals surface area contributed by atoms with E-state index in [-0.39, 0.29) is 87.3 Å². The summed E-state index contributed by atoms with van der Waals surface area (Å²) in [4.78, 5) is 22.6. The number of benzene rings is 6. The molecule has 0 aliphatic heterocycles. The quantitative estimate of drug-likeness (QED) is 0.0435. The molecule has 5 N–H and O–H groups in total. The fourth-order valence-corrected chi connectivity index (χ4v) is 11.1. The molecule has 0 saturated carbocycles. The van der Waals surface area contributed by atoms with Gasteiger partial charge in [0.1, 0.15) is 11.6 Å². The van der Waals surface area contributed by atoms with Crippen LogP contribution in [0.3, 0.4) is 0 Å². The van der Waals surface area contributed by atoms with E-state index < -0.39 is 23.6 Å². The first kappa shape index (κ1) is 72.1. The van der Waals surface area contributed by atoms with E-state index in [0.717, 1.165) is 91.9 Å². The number of carbonyl (C=O) groups is 2. The minimum Gasteiger partial charge on any atom is -0.870 e. The first-order chi connectivity index (χ1) is 37.2. The SMILES string of the molecule is CCC(CC)(c1ccc(CCC(O)C(C)(C)C)c(C)c1)c1ccc(-c2ccc(CC(=O)O)c(F)c2)c(C)c1.CCC(CC)(c1ccc(CCC(O)C(C)(C)C)c(C)c1)c1ccc(-c2ccc(CC(=O)OC)c(F)c2)c(C)c1.CO.[Na+].[OH-]. The number of hydrogen-bond acceptors (Lipinski definition) is 7. The molecule has 0 aliphatic carbocycles. The van der Waals surface area contributed by atoms with Gasteiger partial charge in [0, 0.05) is 17.9 Å². The number of aliphatic carboxylic acids is 1. The number of halogens is 2. The van der Waals surface area contributed by atoms with E-state index in [0.29, 0.717) is 5.56 Å². The fourth-order valence-electron chi connectivity index (χ4n) is 11.1. The molecule has 0 heterocycles. The van der Waals surface area contributed by atoms with Gasteiger partial charge in [-0.05, 0) is 191 Å². The number of carboxylic acids is 1. The van der Waals surface area contributed by atoms with E-state index >= 15 is 0 Å². The molecule has 0 spiro atoms. The van der Waals surface area contributed by atoms with Crippen LogP contribution in [0, 0.1) is 50.2 Å². The minimum absolute atomic E-state index is 0. The van der Waals surface area contributed by atoms with Crippen LogP contribution in [-0.4, -0.2) is 64.3 Å². The number of ether oxygens (including phenoxy) is 1. The molecule has 0 aliphatic rings. The Bertz CT molecular complexity index is 3000. The van der Waals surface area contributed by atoms with E-state index in [2.05, 4.69) is 168 Å². The van der Waals surface area contributed by atoms with Crippen LogP contribution < -0.4 is 29.6 Å². The van der Waals surface area contributed by atoms with Crippen molar-refractivity contribution in [3.8, 4) is 22.3 Å². The van der Waals surface area contributed by atoms with Crippen LogP contribution >= 0.6 is 0 Å². The molecule has 0 bridgehead atoms. The smallest absolute Gasteiger partial charge is 0.870 e. The number of aliphatic hydroxyl groups is 3. The van der Waals surface area contributed by atoms with Crippen LogP contribution in [0.25, 0.3) is 22.3 Å². The summed E-state index contributed by atoms with van der Waals surface area (Å²) in [6, 6.07) is 36.4. The van der Waals surface area contributed by atoms with Crippen molar-refractivity contribution in [2.75, 3.05) is 14.2 Å². The number of carbonyl (C=O) groups excluding carboxylic acids is 1. The number of methoxy groups -OCH3 is 1. The molecule has 0 saturated heterocycles. The van der Waals surface area contributed by atoms with Crippen molar-refractivity contribution in [1.82, 2.24) is 0 Å². The van der Waals surface area contributed by atoms with Crippen LogP contribution in [0.4, 0.5) is 8.78 Å². The maximum absolute atomic E-state index is 14.8. The van der Waals surface area contributed by atoms with Gasteiger partial charge in [-0.25, -0.2) is 8.78 Å². The van der Waals surface area contributed by atoms with Crippen LogP contribution in [0.15, 0.2) is 109 Å². The summed E-state index contributed by atoms with van der Waals surface area (Å²) in [6.07, 6.45) is 5.95. The van der Waals surface area contributed by atoms with Crippen LogP contribution in [0.1, 0.15) is 175 Å². The second-order valence-corrected chi connectivity index (χ2v) is 23.7. The van der Waals surface area contributed by atoms with E-state index in [4.69, 9.17) is 10.2 Å². The molecule has 0 fully saturated rings. The molecule has 436 valence electrons. The van der Waals surface area contributed by atoms with Crippen molar-refractivity contribution in [3.63, 3.8) is 0 Å². The maximum Gasteiger partial charge on any atom is 1.00 e. The zero-order valence-electron chi connectivity index (χ0n) is 51.8. The van der Waals surface area contributed by atoms with E-state index in [1.54, 1.807) is 18.2 Å². The normalized spacial score (nSPS) is 12.4. The van der Waals surface area contributed by atoms with Crippen molar-refractivity contribution in [2.24, 2.45) is 10.8 Å². The van der Waals surface area contributed by atoms with Crippen molar-refractivity contribution in [3.05, 3.63) is 188 Å². The molecule has 81 heavy (non-hydrogen) atoms. The Hall–Kier alpha value is -5.04. The maximum atomic E-state index is 14.8. The minimum atomic E-state index is -1.04. The summed E-state index contributed by atoms with van der Waals surface area (Å²) in [7, 11) is 2.31. The summed E-state index contributed by atoms with van der Waals surface area (Å²) < 4.78 is 34.0. The fraction of sp³-hybridized carbons (Fsp3) is 0.457. The Morgan fingerprint density at radius 2 is 0.802 bits per heavy atom. The zero-order valence-corrected chi connectivity index (χ0v) is 53.8. The summed E-state index contributed by atoms with van der Waals surface area (Å²) in [6.45, 7) is 29.8. The third-order valence-corrected chi connectivity index (χ3v) is 16.8. The number of aryl methyl sites for hydroxylation is 6. The average molecular weight is 1120 g/mol. The van der Waals surface area contributed by atoms with Gasteiger partial charge >= 0.3 is 41.5 Å². The summed E-state index contributed by atoms with van der Waals surface area (Å²) in [5.74, 6) is -2.39. The molecule has 11 heteroatoms. The van der Waals surface area contributed by atoms with Gasteiger partial charge in [0.2, 0.25) is 0 Å². The molecule has 2 atom stereocenters. The van der Waals surface area contributed by atoms with Gasteiger partial charge in [-0.1, -0.05) is 166 Å². The first-order valence-corrected chi connectivity index (χ1v) is 28.3. The Morgan fingerprint density at radius 3 is 1.07 bits per heavy atom. The Balaban J connectivity index is 0.000000525. The standard InChI is InChI=1S/C35H45FO3.C34H43FO3.CH4O.Na.H2O/c1-9-35(10-2,28-15-13-25(23(3)19-28)14-18-32(37)34(5,6)7)29-16-17-30(24(4)20-29)26-11-12-27(31(36)21-26)22-33(38)39-8;1-8-34(9-2,27-14-12-24(22(3)18-27)13-17-31(36)33(5,6)7)28-15-16-29(23(4)19-28)25-10-11-26(21-32(37)38)30(35)20-25;1-2;;/h11-13,15-17,19-21,32,37H,9-10,14,18,22H2,1-8H3;10-12,14-16,18-20,31,36H,8-9,13,17,21H2,1-7H3,(H,37,38);2H,1H3;;1H2/q;;;+1;/p-1. The monoisotopic (exact) mass is 1120 g/mol. The number of esters is 1. The van der Waals surface area contributed by atoms with Crippen molar-refractivity contribution < 1.29 is 78.6 Å². The Labute approximate surface area is 506 Å². The molecule has 2 unspecified atom stereocenters. The predicted molar refractivity (Wildman–Crippen MR) is 323 cm³/mol. The number of carboxylic acid groups (broad SMARTS) is 1. The van der Waals surface area contributed by atoms with Crippen LogP contribution in [-0.2, 0) is 50.8 Å². The molecule has 0 aromatic heterocycles. The molecule has 6 aromatic carbocycles. The molecule has 6 rings (SSSR count). The van der Waals surface area contributed by atoms with Gasteiger partial charge in [0.05, 0.1) is 32.2 Å². The van der Waals surface area contributed by atoms with Gasteiger partial charge in [-0.3, -0.25) is 9.59 Å². The van der Waals surface area contributed by atoms with Crippen LogP contribution in [0.5, 0.6) is 0 Å². The second-order valence-electron chi connectivity index (χ2n) is 23.7. The van der Waals surface area contributed by atoms with Crippen LogP contribution in [0.2, 0.25) is 0 Å². The Morgan fingerprint density at radius 1 is 0.494 bits per heavy atom. The first-order valence-electron chi connectivity index (χ1n) is 28.3. The molecule has 0 amide bonds. The van der Waals surface area contributed by atoms with E-state index in [1.807, 2.05) is 13.0 Å². The molecule has 6 aromatic rings.